The fourth-order valence-electron chi connectivity index (χ4n) is 2.64. The number of aliphatic hydroxyl groups excluding tert-OH is 1. The van der Waals surface area contributed by atoms with Crippen LogP contribution in [0, 0.1) is 0 Å². The second kappa shape index (κ2) is 4.79. The van der Waals surface area contributed by atoms with Crippen LogP contribution in [-0.2, 0) is 12.8 Å². The smallest absolute Gasteiger partial charge is 0.0688 e. The Morgan fingerprint density at radius 2 is 2.13 bits per heavy atom. The lowest BCUT2D eigenvalue weighted by Gasteiger charge is -2.08. The third kappa shape index (κ3) is 2.07. The molecule has 1 fully saturated rings. The molecule has 1 aliphatic carbocycles. The summed E-state index contributed by atoms with van der Waals surface area (Å²) in [6.07, 6.45) is 6.94. The van der Waals surface area contributed by atoms with Crippen LogP contribution in [0.15, 0.2) is 0 Å². The van der Waals surface area contributed by atoms with Gasteiger partial charge in [-0.25, -0.2) is 0 Å². The Morgan fingerprint density at radius 1 is 1.40 bits per heavy atom. The van der Waals surface area contributed by atoms with E-state index in [9.17, 15) is 0 Å². The summed E-state index contributed by atoms with van der Waals surface area (Å²) in [4.78, 5) is 0. The predicted molar refractivity (Wildman–Crippen MR) is 60.0 cm³/mol. The SMILES string of the molecule is CCc1[nH]nc(C2CCCC2)c1CCO. The van der Waals surface area contributed by atoms with Gasteiger partial charge in [-0.15, -0.1) is 0 Å². The van der Waals surface area contributed by atoms with Crippen molar-refractivity contribution in [1.29, 1.82) is 0 Å². The number of hydrogen-bond acceptors (Lipinski definition) is 2. The van der Waals surface area contributed by atoms with Gasteiger partial charge in [-0.1, -0.05) is 19.8 Å². The molecule has 0 bridgehead atoms. The molecule has 3 heteroatoms. The first-order valence-electron chi connectivity index (χ1n) is 6.03. The van der Waals surface area contributed by atoms with Crippen LogP contribution in [0.2, 0.25) is 0 Å². The van der Waals surface area contributed by atoms with Gasteiger partial charge in [0.1, 0.15) is 0 Å². The highest BCUT2D eigenvalue weighted by Gasteiger charge is 2.23. The van der Waals surface area contributed by atoms with Crippen LogP contribution in [0.3, 0.4) is 0 Å². The summed E-state index contributed by atoms with van der Waals surface area (Å²) in [6, 6.07) is 0. The van der Waals surface area contributed by atoms with Crippen LogP contribution in [0.5, 0.6) is 0 Å². The minimum absolute atomic E-state index is 0.228. The van der Waals surface area contributed by atoms with Gasteiger partial charge in [0.2, 0.25) is 0 Å². The zero-order valence-corrected chi connectivity index (χ0v) is 9.42. The average molecular weight is 208 g/mol. The lowest BCUT2D eigenvalue weighted by atomic mass is 9.96. The first kappa shape index (κ1) is 10.7. The van der Waals surface area contributed by atoms with Crippen molar-refractivity contribution in [2.75, 3.05) is 6.61 Å². The molecule has 0 unspecified atom stereocenters. The topological polar surface area (TPSA) is 48.9 Å². The molecule has 0 radical (unpaired) electrons. The van der Waals surface area contributed by atoms with Gasteiger partial charge < -0.3 is 5.11 Å². The monoisotopic (exact) mass is 208 g/mol. The maximum atomic E-state index is 9.08. The van der Waals surface area contributed by atoms with Crippen molar-refractivity contribution in [2.45, 2.75) is 51.4 Å². The molecular weight excluding hydrogens is 188 g/mol. The number of aromatic amines is 1. The van der Waals surface area contributed by atoms with E-state index < -0.39 is 0 Å². The van der Waals surface area contributed by atoms with E-state index in [1.165, 1.54) is 42.6 Å². The Morgan fingerprint density at radius 3 is 2.73 bits per heavy atom. The summed E-state index contributed by atoms with van der Waals surface area (Å²) in [5, 5.41) is 16.7. The van der Waals surface area contributed by atoms with Crippen molar-refractivity contribution in [1.82, 2.24) is 10.2 Å². The van der Waals surface area contributed by atoms with Gasteiger partial charge in [-0.05, 0) is 31.2 Å². The number of aryl methyl sites for hydroxylation is 1. The van der Waals surface area contributed by atoms with Gasteiger partial charge >= 0.3 is 0 Å². The molecule has 15 heavy (non-hydrogen) atoms. The highest BCUT2D eigenvalue weighted by Crippen LogP contribution is 2.35. The fourth-order valence-corrected chi connectivity index (χ4v) is 2.64. The molecule has 1 saturated carbocycles. The number of aliphatic hydroxyl groups is 1. The maximum absolute atomic E-state index is 9.08. The summed E-state index contributed by atoms with van der Waals surface area (Å²) in [5.41, 5.74) is 3.73. The Labute approximate surface area is 90.9 Å². The molecule has 1 aromatic rings. The van der Waals surface area contributed by atoms with E-state index in [2.05, 4.69) is 17.1 Å². The number of rotatable bonds is 4. The van der Waals surface area contributed by atoms with Crippen LogP contribution in [0.1, 0.15) is 55.5 Å². The van der Waals surface area contributed by atoms with E-state index in [4.69, 9.17) is 5.11 Å². The predicted octanol–water partition coefficient (Wildman–Crippen LogP) is 2.16. The minimum Gasteiger partial charge on any atom is -0.396 e. The number of aromatic nitrogens is 2. The molecule has 0 aromatic carbocycles. The van der Waals surface area contributed by atoms with E-state index >= 15 is 0 Å². The molecule has 0 aliphatic heterocycles. The van der Waals surface area contributed by atoms with E-state index in [0.717, 1.165) is 12.8 Å². The van der Waals surface area contributed by atoms with E-state index in [1.54, 1.807) is 0 Å². The summed E-state index contributed by atoms with van der Waals surface area (Å²) >= 11 is 0. The molecule has 1 heterocycles. The number of hydrogen-bond donors (Lipinski definition) is 2. The highest BCUT2D eigenvalue weighted by molar-refractivity contribution is 5.29. The molecule has 3 nitrogen and oxygen atoms in total. The van der Waals surface area contributed by atoms with Crippen LogP contribution < -0.4 is 0 Å². The Bertz CT molecular complexity index is 313. The van der Waals surface area contributed by atoms with E-state index in [-0.39, 0.29) is 6.61 Å². The van der Waals surface area contributed by atoms with E-state index in [1.807, 2.05) is 0 Å². The van der Waals surface area contributed by atoms with Crippen LogP contribution in [0.4, 0.5) is 0 Å². The Kier molecular flexibility index (Phi) is 3.41. The third-order valence-electron chi connectivity index (χ3n) is 3.44. The molecule has 2 N–H and O–H groups in total. The molecule has 0 saturated heterocycles. The molecule has 0 spiro atoms. The first-order chi connectivity index (χ1) is 7.36. The zero-order valence-electron chi connectivity index (χ0n) is 9.42. The quantitative estimate of drug-likeness (QED) is 0.796. The van der Waals surface area contributed by atoms with Gasteiger partial charge in [0.15, 0.2) is 0 Å². The number of nitrogens with one attached hydrogen (secondary N) is 1. The van der Waals surface area contributed by atoms with Gasteiger partial charge in [0, 0.05) is 18.2 Å². The number of nitrogens with zero attached hydrogens (tertiary/aromatic N) is 1. The largest absolute Gasteiger partial charge is 0.396 e. The lowest BCUT2D eigenvalue weighted by Crippen LogP contribution is -2.01. The van der Waals surface area contributed by atoms with Crippen LogP contribution >= 0.6 is 0 Å². The van der Waals surface area contributed by atoms with Crippen molar-refractivity contribution in [3.05, 3.63) is 17.0 Å². The second-order valence-corrected chi connectivity index (χ2v) is 4.37. The zero-order chi connectivity index (χ0) is 10.7. The highest BCUT2D eigenvalue weighted by atomic mass is 16.2. The lowest BCUT2D eigenvalue weighted by molar-refractivity contribution is 0.298. The molecule has 1 aromatic heterocycles. The molecule has 2 rings (SSSR count). The second-order valence-electron chi connectivity index (χ2n) is 4.37. The molecular formula is C12H20N2O. The van der Waals surface area contributed by atoms with Crippen molar-refractivity contribution in [3.63, 3.8) is 0 Å². The molecule has 0 atom stereocenters. The standard InChI is InChI=1S/C12H20N2O/c1-2-11-10(7-8-15)12(14-13-11)9-5-3-4-6-9/h9,15H,2-8H2,1H3,(H,13,14). The number of H-pyrrole nitrogens is 1. The summed E-state index contributed by atoms with van der Waals surface area (Å²) in [6.45, 7) is 2.36. The Balaban J connectivity index is 2.24. The molecule has 1 aliphatic rings. The molecule has 84 valence electrons. The fraction of sp³-hybridized carbons (Fsp3) is 0.750. The summed E-state index contributed by atoms with van der Waals surface area (Å²) < 4.78 is 0. The van der Waals surface area contributed by atoms with Gasteiger partial charge in [0.05, 0.1) is 5.69 Å². The minimum atomic E-state index is 0.228. The normalized spacial score (nSPS) is 17.5. The van der Waals surface area contributed by atoms with Crippen molar-refractivity contribution < 1.29 is 5.11 Å². The van der Waals surface area contributed by atoms with Gasteiger partial charge in [-0.3, -0.25) is 5.10 Å². The first-order valence-corrected chi connectivity index (χ1v) is 6.03. The van der Waals surface area contributed by atoms with Gasteiger partial charge in [0.25, 0.3) is 0 Å². The van der Waals surface area contributed by atoms with Crippen LogP contribution in [-0.4, -0.2) is 21.9 Å². The summed E-state index contributed by atoms with van der Waals surface area (Å²) in [7, 11) is 0. The Hall–Kier alpha value is -0.830. The van der Waals surface area contributed by atoms with E-state index in [0.29, 0.717) is 5.92 Å². The summed E-state index contributed by atoms with van der Waals surface area (Å²) in [5.74, 6) is 0.642. The van der Waals surface area contributed by atoms with Crippen LogP contribution in [0.25, 0.3) is 0 Å². The average Bonchev–Trinajstić information content (AvgIpc) is 2.85. The molecule has 0 amide bonds. The van der Waals surface area contributed by atoms with Gasteiger partial charge in [-0.2, -0.15) is 5.10 Å². The van der Waals surface area contributed by atoms with Crippen molar-refractivity contribution in [2.24, 2.45) is 0 Å². The van der Waals surface area contributed by atoms with Crippen molar-refractivity contribution in [3.8, 4) is 0 Å². The maximum Gasteiger partial charge on any atom is 0.0688 e. The van der Waals surface area contributed by atoms with Crippen molar-refractivity contribution >= 4 is 0 Å². The third-order valence-corrected chi connectivity index (χ3v) is 3.44.